The lowest BCUT2D eigenvalue weighted by Gasteiger charge is -2.18. The van der Waals surface area contributed by atoms with Crippen molar-refractivity contribution >= 4 is 0 Å². The van der Waals surface area contributed by atoms with E-state index in [2.05, 4.69) is 43.4 Å². The number of nitrogens with one attached hydrogen (secondary N) is 1. The van der Waals surface area contributed by atoms with Crippen LogP contribution in [0.4, 0.5) is 0 Å². The average molecular weight is 202 g/mol. The van der Waals surface area contributed by atoms with Gasteiger partial charge >= 0.3 is 0 Å². The number of terminal acetylenes is 1. The molecule has 0 aromatic heterocycles. The Bertz CT molecular complexity index is 363. The first kappa shape index (κ1) is 11.8. The van der Waals surface area contributed by atoms with Crippen molar-refractivity contribution in [2.75, 3.05) is 0 Å². The van der Waals surface area contributed by atoms with Gasteiger partial charge in [0.05, 0.1) is 0 Å². The van der Waals surface area contributed by atoms with Crippen molar-refractivity contribution in [3.05, 3.63) is 34.9 Å². The van der Waals surface area contributed by atoms with Crippen LogP contribution >= 0.6 is 0 Å². The molecule has 3 N–H and O–H groups in total. The van der Waals surface area contributed by atoms with Gasteiger partial charge in [0.25, 0.3) is 0 Å². The summed E-state index contributed by atoms with van der Waals surface area (Å²) < 4.78 is 0. The Morgan fingerprint density at radius 1 is 1.47 bits per heavy atom. The van der Waals surface area contributed by atoms with E-state index in [1.54, 1.807) is 0 Å². The molecule has 0 radical (unpaired) electrons. The third-order valence-corrected chi connectivity index (χ3v) is 2.80. The fourth-order valence-electron chi connectivity index (χ4n) is 1.71. The van der Waals surface area contributed by atoms with E-state index in [1.165, 1.54) is 16.7 Å². The number of aryl methyl sites for hydroxylation is 1. The Labute approximate surface area is 91.8 Å². The van der Waals surface area contributed by atoms with Gasteiger partial charge in [0, 0.05) is 12.5 Å². The Morgan fingerprint density at radius 3 is 2.80 bits per heavy atom. The summed E-state index contributed by atoms with van der Waals surface area (Å²) in [6, 6.07) is 6.41. The van der Waals surface area contributed by atoms with Crippen molar-refractivity contribution in [1.29, 1.82) is 0 Å². The molecule has 80 valence electrons. The van der Waals surface area contributed by atoms with Crippen LogP contribution in [-0.4, -0.2) is 0 Å². The molecule has 0 bridgehead atoms. The third kappa shape index (κ3) is 2.82. The summed E-state index contributed by atoms with van der Waals surface area (Å²) in [5, 5.41) is 0. The minimum absolute atomic E-state index is 0.154. The molecular formula is C13H18N2. The topological polar surface area (TPSA) is 38.0 Å². The highest BCUT2D eigenvalue weighted by Gasteiger charge is 2.11. The van der Waals surface area contributed by atoms with Crippen LogP contribution in [-0.2, 0) is 0 Å². The fourth-order valence-corrected chi connectivity index (χ4v) is 1.71. The van der Waals surface area contributed by atoms with Crippen LogP contribution in [0.1, 0.15) is 35.6 Å². The molecular weight excluding hydrogens is 184 g/mol. The molecule has 2 nitrogen and oxygen atoms in total. The van der Waals surface area contributed by atoms with Crippen molar-refractivity contribution < 1.29 is 0 Å². The molecule has 1 rings (SSSR count). The Morgan fingerprint density at radius 2 is 2.20 bits per heavy atom. The summed E-state index contributed by atoms with van der Waals surface area (Å²) >= 11 is 0. The zero-order chi connectivity index (χ0) is 11.3. The third-order valence-electron chi connectivity index (χ3n) is 2.80. The minimum Gasteiger partial charge on any atom is -0.271 e. The highest BCUT2D eigenvalue weighted by Crippen LogP contribution is 2.23. The lowest BCUT2D eigenvalue weighted by atomic mass is 9.95. The van der Waals surface area contributed by atoms with Crippen LogP contribution in [0, 0.1) is 26.2 Å². The van der Waals surface area contributed by atoms with Crippen molar-refractivity contribution in [1.82, 2.24) is 5.43 Å². The predicted octanol–water partition coefficient (Wildman–Crippen LogP) is 2.22. The van der Waals surface area contributed by atoms with Gasteiger partial charge in [0.15, 0.2) is 0 Å². The number of hydrogen-bond acceptors (Lipinski definition) is 2. The second kappa shape index (κ2) is 5.55. The minimum atomic E-state index is 0.154. The molecule has 0 fully saturated rings. The van der Waals surface area contributed by atoms with E-state index in [1.807, 2.05) is 0 Å². The molecule has 2 heteroatoms. The van der Waals surface area contributed by atoms with Crippen LogP contribution < -0.4 is 11.3 Å². The second-order valence-electron chi connectivity index (χ2n) is 3.75. The van der Waals surface area contributed by atoms with Crippen LogP contribution in [0.3, 0.4) is 0 Å². The number of hydrogen-bond donors (Lipinski definition) is 2. The van der Waals surface area contributed by atoms with E-state index < -0.39 is 0 Å². The summed E-state index contributed by atoms with van der Waals surface area (Å²) in [7, 11) is 0. The zero-order valence-electron chi connectivity index (χ0n) is 9.38. The zero-order valence-corrected chi connectivity index (χ0v) is 9.38. The summed E-state index contributed by atoms with van der Waals surface area (Å²) in [6.45, 7) is 4.22. The van der Waals surface area contributed by atoms with Gasteiger partial charge in [0.1, 0.15) is 0 Å². The van der Waals surface area contributed by atoms with E-state index in [9.17, 15) is 0 Å². The van der Waals surface area contributed by atoms with Gasteiger partial charge in [0.2, 0.25) is 0 Å². The Kier molecular flexibility index (Phi) is 4.36. The molecule has 0 amide bonds. The van der Waals surface area contributed by atoms with Crippen LogP contribution in [0.5, 0.6) is 0 Å². The molecule has 1 atom stereocenters. The molecule has 0 saturated carbocycles. The Balaban J connectivity index is 2.92. The van der Waals surface area contributed by atoms with E-state index >= 15 is 0 Å². The van der Waals surface area contributed by atoms with Crippen molar-refractivity contribution in [2.45, 2.75) is 32.7 Å². The fraction of sp³-hybridized carbons (Fsp3) is 0.385. The van der Waals surface area contributed by atoms with Crippen molar-refractivity contribution in [2.24, 2.45) is 5.84 Å². The normalized spacial score (nSPS) is 12.1. The van der Waals surface area contributed by atoms with Crippen LogP contribution in [0.25, 0.3) is 0 Å². The first-order valence-electron chi connectivity index (χ1n) is 5.16. The number of rotatable bonds is 4. The molecule has 0 aliphatic carbocycles. The molecule has 15 heavy (non-hydrogen) atoms. The van der Waals surface area contributed by atoms with Crippen molar-refractivity contribution in [3.8, 4) is 12.3 Å². The van der Waals surface area contributed by atoms with Gasteiger partial charge in [-0.1, -0.05) is 18.2 Å². The van der Waals surface area contributed by atoms with E-state index in [-0.39, 0.29) is 6.04 Å². The first-order valence-corrected chi connectivity index (χ1v) is 5.16. The lowest BCUT2D eigenvalue weighted by molar-refractivity contribution is 0.521. The van der Waals surface area contributed by atoms with Gasteiger partial charge in [-0.25, -0.2) is 0 Å². The van der Waals surface area contributed by atoms with Gasteiger partial charge in [-0.15, -0.1) is 12.3 Å². The molecule has 1 aromatic rings. The number of nitrogens with two attached hydrogens (primary N) is 1. The molecule has 0 aliphatic rings. The molecule has 1 unspecified atom stereocenters. The summed E-state index contributed by atoms with van der Waals surface area (Å²) in [6.07, 6.45) is 6.87. The highest BCUT2D eigenvalue weighted by molar-refractivity contribution is 5.35. The first-order chi connectivity index (χ1) is 7.20. The average Bonchev–Trinajstić information content (AvgIpc) is 2.25. The van der Waals surface area contributed by atoms with Crippen LogP contribution in [0.2, 0.25) is 0 Å². The summed E-state index contributed by atoms with van der Waals surface area (Å²) in [5.74, 6) is 8.19. The molecule has 0 aliphatic heterocycles. The maximum atomic E-state index is 5.55. The standard InChI is InChI=1S/C13H18N2/c1-4-5-9-13(15-14)12-8-6-7-10(2)11(12)3/h1,6-8,13,15H,5,9,14H2,2-3H3. The largest absolute Gasteiger partial charge is 0.271 e. The van der Waals surface area contributed by atoms with E-state index in [4.69, 9.17) is 12.3 Å². The van der Waals surface area contributed by atoms with Crippen LogP contribution in [0.15, 0.2) is 18.2 Å². The predicted molar refractivity (Wildman–Crippen MR) is 64.0 cm³/mol. The summed E-state index contributed by atoms with van der Waals surface area (Å²) in [5.41, 5.74) is 6.64. The lowest BCUT2D eigenvalue weighted by Crippen LogP contribution is -2.28. The molecule has 1 aromatic carbocycles. The Hall–Kier alpha value is -1.30. The quantitative estimate of drug-likeness (QED) is 0.446. The number of hydrazine groups is 1. The maximum Gasteiger partial charge on any atom is 0.0471 e. The summed E-state index contributed by atoms with van der Waals surface area (Å²) in [4.78, 5) is 0. The smallest absolute Gasteiger partial charge is 0.0471 e. The van der Waals surface area contributed by atoms with E-state index in [0.717, 1.165) is 12.8 Å². The highest BCUT2D eigenvalue weighted by atomic mass is 15.2. The molecule has 0 saturated heterocycles. The van der Waals surface area contributed by atoms with Gasteiger partial charge < -0.3 is 0 Å². The molecule has 0 heterocycles. The van der Waals surface area contributed by atoms with Crippen molar-refractivity contribution in [3.63, 3.8) is 0 Å². The van der Waals surface area contributed by atoms with Gasteiger partial charge in [-0.05, 0) is 37.0 Å². The number of benzene rings is 1. The molecule has 0 spiro atoms. The SMILES string of the molecule is C#CCCC(NN)c1cccc(C)c1C. The second-order valence-corrected chi connectivity index (χ2v) is 3.75. The van der Waals surface area contributed by atoms with Gasteiger partial charge in [-0.3, -0.25) is 11.3 Å². The van der Waals surface area contributed by atoms with E-state index in [0.29, 0.717) is 0 Å². The maximum absolute atomic E-state index is 5.55. The van der Waals surface area contributed by atoms with Gasteiger partial charge in [-0.2, -0.15) is 0 Å². The monoisotopic (exact) mass is 202 g/mol.